The fourth-order valence-electron chi connectivity index (χ4n) is 2.94. The van der Waals surface area contributed by atoms with Crippen molar-refractivity contribution in [3.63, 3.8) is 0 Å². The van der Waals surface area contributed by atoms with Gasteiger partial charge in [0, 0.05) is 16.3 Å². The number of likely N-dealkylation sites (tertiary alicyclic amines) is 1. The van der Waals surface area contributed by atoms with Gasteiger partial charge >= 0.3 is 0 Å². The first kappa shape index (κ1) is 21.3. The van der Waals surface area contributed by atoms with Crippen LogP contribution in [-0.2, 0) is 6.54 Å². The predicted molar refractivity (Wildman–Crippen MR) is 121 cm³/mol. The van der Waals surface area contributed by atoms with Gasteiger partial charge < -0.3 is 0 Å². The highest BCUT2D eigenvalue weighted by Crippen LogP contribution is 2.26. The monoisotopic (exact) mass is 377 g/mol. The molecule has 0 atom stereocenters. The van der Waals surface area contributed by atoms with Crippen molar-refractivity contribution in [2.45, 2.75) is 37.6 Å². The topological polar surface area (TPSA) is 3.24 Å². The van der Waals surface area contributed by atoms with E-state index in [0.29, 0.717) is 0 Å². The Hall–Kier alpha value is -2.03. The van der Waals surface area contributed by atoms with Crippen LogP contribution in [-0.4, -0.2) is 18.0 Å². The Morgan fingerprint density at radius 3 is 2.19 bits per heavy atom. The van der Waals surface area contributed by atoms with Crippen molar-refractivity contribution in [2.24, 2.45) is 0 Å². The normalized spacial score (nSPS) is 15.2. The summed E-state index contributed by atoms with van der Waals surface area (Å²) in [6.07, 6.45) is 12.1. The van der Waals surface area contributed by atoms with Crippen molar-refractivity contribution in [2.75, 3.05) is 13.1 Å². The number of hydrogen-bond donors (Lipinski definition) is 0. The maximum Gasteiger partial charge on any atom is 0.0233 e. The third-order valence-corrected chi connectivity index (χ3v) is 5.47. The van der Waals surface area contributed by atoms with Gasteiger partial charge in [-0.15, -0.1) is 0 Å². The maximum absolute atomic E-state index is 3.65. The zero-order valence-corrected chi connectivity index (χ0v) is 17.2. The van der Waals surface area contributed by atoms with Crippen LogP contribution in [0, 0.1) is 0 Å². The summed E-state index contributed by atoms with van der Waals surface area (Å²) in [7, 11) is 0. The molecule has 1 aliphatic heterocycles. The smallest absolute Gasteiger partial charge is 0.0233 e. The summed E-state index contributed by atoms with van der Waals surface area (Å²) >= 11 is 1.76. The molecule has 0 amide bonds. The summed E-state index contributed by atoms with van der Waals surface area (Å²) in [4.78, 5) is 5.05. The molecule has 3 rings (SSSR count). The van der Waals surface area contributed by atoms with Crippen LogP contribution < -0.4 is 0 Å². The summed E-state index contributed by atoms with van der Waals surface area (Å²) in [5.74, 6) is 0. The molecule has 0 spiro atoms. The second-order valence-electron chi connectivity index (χ2n) is 6.52. The van der Waals surface area contributed by atoms with Crippen molar-refractivity contribution in [1.29, 1.82) is 0 Å². The number of hydrogen-bond acceptors (Lipinski definition) is 2. The molecular formula is C25H31NS. The molecule has 27 heavy (non-hydrogen) atoms. The predicted octanol–water partition coefficient (Wildman–Crippen LogP) is 7.10. The lowest BCUT2D eigenvalue weighted by Crippen LogP contribution is -2.28. The van der Waals surface area contributed by atoms with Gasteiger partial charge in [0.2, 0.25) is 0 Å². The Labute approximate surface area is 169 Å². The summed E-state index contributed by atoms with van der Waals surface area (Å²) in [5.41, 5.74) is 1.45. The first-order valence-electron chi connectivity index (χ1n) is 9.76. The molecule has 2 aromatic carbocycles. The zero-order valence-electron chi connectivity index (χ0n) is 16.4. The lowest BCUT2D eigenvalue weighted by atomic mass is 10.1. The van der Waals surface area contributed by atoms with Crippen LogP contribution in [0.25, 0.3) is 0 Å². The molecule has 0 aliphatic carbocycles. The van der Waals surface area contributed by atoms with Crippen molar-refractivity contribution in [3.05, 3.63) is 102 Å². The Bertz CT molecular complexity index is 698. The van der Waals surface area contributed by atoms with Crippen LogP contribution in [0.2, 0.25) is 0 Å². The lowest BCUT2D eigenvalue weighted by Gasteiger charge is -2.26. The van der Waals surface area contributed by atoms with Gasteiger partial charge in [-0.1, -0.05) is 91.5 Å². The van der Waals surface area contributed by atoms with E-state index in [-0.39, 0.29) is 0 Å². The van der Waals surface area contributed by atoms with Gasteiger partial charge in [-0.05, 0) is 56.6 Å². The highest BCUT2D eigenvalue weighted by Gasteiger charge is 2.09. The van der Waals surface area contributed by atoms with Crippen molar-refractivity contribution >= 4 is 11.8 Å². The average molecular weight is 378 g/mol. The van der Waals surface area contributed by atoms with E-state index in [1.807, 2.05) is 31.2 Å². The molecule has 0 radical (unpaired) electrons. The van der Waals surface area contributed by atoms with Crippen LogP contribution in [0.15, 0.2) is 101 Å². The molecule has 0 aromatic heterocycles. The molecule has 1 nitrogen and oxygen atoms in total. The Balaban J connectivity index is 0.000000194. The van der Waals surface area contributed by atoms with E-state index in [2.05, 4.69) is 66.1 Å². The van der Waals surface area contributed by atoms with Gasteiger partial charge in [-0.2, -0.15) is 0 Å². The van der Waals surface area contributed by atoms with Gasteiger partial charge in [0.25, 0.3) is 0 Å². The number of thioether (sulfide) groups is 1. The summed E-state index contributed by atoms with van der Waals surface area (Å²) in [6, 6.07) is 21.1. The van der Waals surface area contributed by atoms with Crippen molar-refractivity contribution < 1.29 is 0 Å². The quantitative estimate of drug-likeness (QED) is 0.390. The first-order valence-corrected chi connectivity index (χ1v) is 10.6. The molecule has 142 valence electrons. The number of nitrogens with zero attached hydrogens (tertiary/aromatic N) is 1. The van der Waals surface area contributed by atoms with E-state index in [0.717, 1.165) is 6.54 Å². The lowest BCUT2D eigenvalue weighted by molar-refractivity contribution is 0.221. The summed E-state index contributed by atoms with van der Waals surface area (Å²) < 4.78 is 0. The van der Waals surface area contributed by atoms with E-state index < -0.39 is 0 Å². The minimum Gasteiger partial charge on any atom is -0.299 e. The first-order chi connectivity index (χ1) is 13.3. The second kappa shape index (κ2) is 13.2. The Morgan fingerprint density at radius 1 is 0.963 bits per heavy atom. The van der Waals surface area contributed by atoms with Crippen LogP contribution in [0.1, 0.15) is 31.7 Å². The van der Waals surface area contributed by atoms with Gasteiger partial charge in [-0.3, -0.25) is 4.90 Å². The Morgan fingerprint density at radius 2 is 1.59 bits per heavy atom. The van der Waals surface area contributed by atoms with Crippen molar-refractivity contribution in [3.8, 4) is 0 Å². The SMILES string of the molecule is C=C/C=C\C(=C/C)Sc1ccccc1.c1ccc(CN2CCCCC2)cc1. The molecule has 0 N–H and O–H groups in total. The molecule has 1 fully saturated rings. The fourth-order valence-corrected chi connectivity index (χ4v) is 3.77. The molecule has 0 saturated carbocycles. The van der Waals surface area contributed by atoms with Crippen LogP contribution in [0.5, 0.6) is 0 Å². The second-order valence-corrected chi connectivity index (χ2v) is 7.67. The van der Waals surface area contributed by atoms with Gasteiger partial charge in [0.1, 0.15) is 0 Å². The third-order valence-electron chi connectivity index (χ3n) is 4.36. The van der Waals surface area contributed by atoms with E-state index >= 15 is 0 Å². The standard InChI is InChI=1S/C13H14S.C12H17N/c1-3-5-9-12(4-2)14-13-10-7-6-8-11-13;1-3-7-12(8-4-1)11-13-9-5-2-6-10-13/h3-11H,1H2,2H3;1,3-4,7-8H,2,5-6,9-11H2/b9-5-,12-4+;. The van der Waals surface area contributed by atoms with Crippen LogP contribution in [0.3, 0.4) is 0 Å². The van der Waals surface area contributed by atoms with Crippen LogP contribution in [0.4, 0.5) is 0 Å². The third kappa shape index (κ3) is 8.94. The minimum absolute atomic E-state index is 1.14. The molecule has 2 heteroatoms. The van der Waals surface area contributed by atoms with Crippen LogP contribution >= 0.6 is 11.8 Å². The number of piperidine rings is 1. The van der Waals surface area contributed by atoms with E-state index in [1.165, 1.54) is 47.7 Å². The zero-order chi connectivity index (χ0) is 19.2. The molecule has 0 bridgehead atoms. The van der Waals surface area contributed by atoms with Gasteiger partial charge in [-0.25, -0.2) is 0 Å². The number of rotatable bonds is 6. The average Bonchev–Trinajstić information content (AvgIpc) is 2.74. The number of allylic oxidation sites excluding steroid dienone is 4. The van der Waals surface area contributed by atoms with Gasteiger partial charge in [0.05, 0.1) is 0 Å². The summed E-state index contributed by atoms with van der Waals surface area (Å²) in [6.45, 7) is 9.40. The van der Waals surface area contributed by atoms with Crippen molar-refractivity contribution in [1.82, 2.24) is 4.90 Å². The summed E-state index contributed by atoms with van der Waals surface area (Å²) in [5, 5.41) is 0. The Kier molecular flexibility index (Phi) is 10.4. The fraction of sp³-hybridized carbons (Fsp3) is 0.280. The molecule has 1 heterocycles. The molecule has 1 saturated heterocycles. The van der Waals surface area contributed by atoms with E-state index in [9.17, 15) is 0 Å². The molecule has 2 aromatic rings. The maximum atomic E-state index is 3.65. The van der Waals surface area contributed by atoms with E-state index in [4.69, 9.17) is 0 Å². The highest BCUT2D eigenvalue weighted by molar-refractivity contribution is 8.03. The molecule has 0 unspecified atom stereocenters. The highest BCUT2D eigenvalue weighted by atomic mass is 32.2. The van der Waals surface area contributed by atoms with Gasteiger partial charge in [0.15, 0.2) is 0 Å². The molecular weight excluding hydrogens is 346 g/mol. The number of benzene rings is 2. The minimum atomic E-state index is 1.14. The van der Waals surface area contributed by atoms with E-state index in [1.54, 1.807) is 17.8 Å². The largest absolute Gasteiger partial charge is 0.299 e. The molecule has 1 aliphatic rings.